The monoisotopic (exact) mass is 489 g/mol. The molecule has 5 aromatic rings. The van der Waals surface area contributed by atoms with Crippen molar-refractivity contribution in [2.24, 2.45) is 0 Å². The quantitative estimate of drug-likeness (QED) is 0.276. The fourth-order valence-electron chi connectivity index (χ4n) is 4.18. The standard InChI is InChI=1S/C29H23N5O3/c35-27(22-7-2-1-3-8-22)19-34(24-10-6-9-23(17-24)29(36)37)18-20-13-15-21(16-14-20)25-11-4-5-12-26(25)28-30-32-33-31-28/h1-17H,18-19H2,(H,36,37)(H,30,31,32,33). The highest BCUT2D eigenvalue weighted by Crippen LogP contribution is 2.30. The molecule has 0 unspecified atom stereocenters. The number of ketones is 1. The summed E-state index contributed by atoms with van der Waals surface area (Å²) in [6.07, 6.45) is 0. The maximum Gasteiger partial charge on any atom is 0.335 e. The molecule has 0 atom stereocenters. The van der Waals surface area contributed by atoms with Crippen LogP contribution in [0, 0.1) is 0 Å². The van der Waals surface area contributed by atoms with Gasteiger partial charge in [0.1, 0.15) is 0 Å². The van der Waals surface area contributed by atoms with Crippen molar-refractivity contribution < 1.29 is 14.7 Å². The molecular weight excluding hydrogens is 466 g/mol. The fourth-order valence-corrected chi connectivity index (χ4v) is 4.18. The number of tetrazole rings is 1. The van der Waals surface area contributed by atoms with Crippen LogP contribution in [0.1, 0.15) is 26.3 Å². The van der Waals surface area contributed by atoms with Gasteiger partial charge in [-0.3, -0.25) is 4.79 Å². The smallest absolute Gasteiger partial charge is 0.335 e. The van der Waals surface area contributed by atoms with Crippen molar-refractivity contribution >= 4 is 17.4 Å². The lowest BCUT2D eigenvalue weighted by Gasteiger charge is -2.25. The number of benzene rings is 4. The molecule has 0 bridgehead atoms. The summed E-state index contributed by atoms with van der Waals surface area (Å²) in [6, 6.07) is 31.6. The minimum atomic E-state index is -1.01. The van der Waals surface area contributed by atoms with Gasteiger partial charge in [0.25, 0.3) is 0 Å². The summed E-state index contributed by atoms with van der Waals surface area (Å²) < 4.78 is 0. The number of carbonyl (C=O) groups is 2. The van der Waals surface area contributed by atoms with Crippen molar-refractivity contribution in [3.05, 3.63) is 120 Å². The second-order valence-corrected chi connectivity index (χ2v) is 8.48. The van der Waals surface area contributed by atoms with Crippen molar-refractivity contribution in [3.8, 4) is 22.5 Å². The van der Waals surface area contributed by atoms with E-state index >= 15 is 0 Å². The molecule has 0 amide bonds. The van der Waals surface area contributed by atoms with E-state index < -0.39 is 5.97 Å². The first-order valence-corrected chi connectivity index (χ1v) is 11.7. The van der Waals surface area contributed by atoms with E-state index in [1.54, 1.807) is 30.3 Å². The fraction of sp³-hybridized carbons (Fsp3) is 0.0690. The molecule has 4 aromatic carbocycles. The van der Waals surface area contributed by atoms with Gasteiger partial charge in [-0.25, -0.2) is 4.79 Å². The Hall–Kier alpha value is -5.11. The van der Waals surface area contributed by atoms with Crippen molar-refractivity contribution in [1.29, 1.82) is 0 Å². The zero-order valence-electron chi connectivity index (χ0n) is 19.8. The number of H-pyrrole nitrogens is 1. The summed E-state index contributed by atoms with van der Waals surface area (Å²) in [6.45, 7) is 0.532. The number of Topliss-reactive ketones (excluding diaryl/α,β-unsaturated/α-hetero) is 1. The summed E-state index contributed by atoms with van der Waals surface area (Å²) in [4.78, 5) is 26.5. The van der Waals surface area contributed by atoms with Gasteiger partial charge >= 0.3 is 5.97 Å². The average Bonchev–Trinajstić information content (AvgIpc) is 3.49. The van der Waals surface area contributed by atoms with Crippen LogP contribution >= 0.6 is 0 Å². The van der Waals surface area contributed by atoms with E-state index in [1.165, 1.54) is 0 Å². The first kappa shape index (κ1) is 23.6. The Morgan fingerprint density at radius 1 is 0.784 bits per heavy atom. The third-order valence-electron chi connectivity index (χ3n) is 6.04. The second-order valence-electron chi connectivity index (χ2n) is 8.48. The van der Waals surface area contributed by atoms with Crippen LogP contribution in [-0.2, 0) is 6.54 Å². The molecule has 0 radical (unpaired) electrons. The molecule has 5 rings (SSSR count). The Balaban J connectivity index is 1.43. The molecule has 0 aliphatic heterocycles. The van der Waals surface area contributed by atoms with Gasteiger partial charge in [0.2, 0.25) is 5.82 Å². The number of nitrogens with one attached hydrogen (secondary N) is 1. The van der Waals surface area contributed by atoms with Gasteiger partial charge in [-0.1, -0.05) is 84.9 Å². The van der Waals surface area contributed by atoms with Gasteiger partial charge in [0, 0.05) is 23.4 Å². The highest BCUT2D eigenvalue weighted by molar-refractivity contribution is 5.99. The van der Waals surface area contributed by atoms with E-state index in [0.717, 1.165) is 22.3 Å². The number of rotatable bonds is 9. The van der Waals surface area contributed by atoms with Gasteiger partial charge in [-0.05, 0) is 40.1 Å². The first-order valence-electron chi connectivity index (χ1n) is 11.7. The van der Waals surface area contributed by atoms with Crippen molar-refractivity contribution in [2.45, 2.75) is 6.54 Å². The number of aromatic nitrogens is 4. The first-order chi connectivity index (χ1) is 18.1. The minimum absolute atomic E-state index is 0.0491. The van der Waals surface area contributed by atoms with Crippen LogP contribution in [0.15, 0.2) is 103 Å². The topological polar surface area (TPSA) is 112 Å². The molecule has 0 fully saturated rings. The molecule has 37 heavy (non-hydrogen) atoms. The van der Waals surface area contributed by atoms with Crippen molar-refractivity contribution in [1.82, 2.24) is 20.6 Å². The zero-order valence-corrected chi connectivity index (χ0v) is 19.8. The van der Waals surface area contributed by atoms with Gasteiger partial charge in [-0.2, -0.15) is 5.21 Å². The Morgan fingerprint density at radius 2 is 1.49 bits per heavy atom. The van der Waals surface area contributed by atoms with Crippen molar-refractivity contribution in [2.75, 3.05) is 11.4 Å². The Morgan fingerprint density at radius 3 is 2.19 bits per heavy atom. The summed E-state index contributed by atoms with van der Waals surface area (Å²) in [5, 5.41) is 23.8. The second kappa shape index (κ2) is 10.7. The summed E-state index contributed by atoms with van der Waals surface area (Å²) in [7, 11) is 0. The van der Waals surface area contributed by atoms with E-state index in [4.69, 9.17) is 0 Å². The lowest BCUT2D eigenvalue weighted by molar-refractivity contribution is 0.0696. The molecule has 182 valence electrons. The number of carboxylic acid groups (broad SMARTS) is 1. The number of hydrogen-bond donors (Lipinski definition) is 2. The molecule has 0 aliphatic carbocycles. The highest BCUT2D eigenvalue weighted by atomic mass is 16.4. The zero-order chi connectivity index (χ0) is 25.6. The third kappa shape index (κ3) is 5.43. The van der Waals surface area contributed by atoms with Gasteiger partial charge < -0.3 is 10.0 Å². The SMILES string of the molecule is O=C(O)c1cccc(N(CC(=O)c2ccccc2)Cc2ccc(-c3ccccc3-c3nn[nH]n3)cc2)c1. The van der Waals surface area contributed by atoms with Crippen LogP contribution in [0.25, 0.3) is 22.5 Å². The number of nitrogens with zero attached hydrogens (tertiary/aromatic N) is 4. The van der Waals surface area contributed by atoms with E-state index in [0.29, 0.717) is 23.6 Å². The van der Waals surface area contributed by atoms with E-state index in [1.807, 2.05) is 77.7 Å². The normalized spacial score (nSPS) is 10.7. The predicted molar refractivity (Wildman–Crippen MR) is 140 cm³/mol. The maximum atomic E-state index is 13.0. The maximum absolute atomic E-state index is 13.0. The van der Waals surface area contributed by atoms with Gasteiger partial charge in [0.05, 0.1) is 12.1 Å². The van der Waals surface area contributed by atoms with E-state index in [2.05, 4.69) is 20.6 Å². The van der Waals surface area contributed by atoms with Crippen molar-refractivity contribution in [3.63, 3.8) is 0 Å². The molecule has 8 heteroatoms. The van der Waals surface area contributed by atoms with Crippen LogP contribution in [0.2, 0.25) is 0 Å². The summed E-state index contributed by atoms with van der Waals surface area (Å²) in [5.41, 5.74) is 5.24. The predicted octanol–water partition coefficient (Wildman–Crippen LogP) is 5.12. The van der Waals surface area contributed by atoms with Gasteiger partial charge in [0.15, 0.2) is 5.78 Å². The number of anilines is 1. The molecule has 8 nitrogen and oxygen atoms in total. The molecule has 0 saturated heterocycles. The summed E-state index contributed by atoms with van der Waals surface area (Å²) in [5.74, 6) is -0.545. The van der Waals surface area contributed by atoms with E-state index in [-0.39, 0.29) is 17.9 Å². The van der Waals surface area contributed by atoms with Crippen LogP contribution in [0.5, 0.6) is 0 Å². The number of carboxylic acids is 1. The number of aromatic amines is 1. The Kier molecular flexibility index (Phi) is 6.80. The number of hydrogen-bond acceptors (Lipinski definition) is 6. The molecular formula is C29H23N5O3. The molecule has 0 aliphatic rings. The summed E-state index contributed by atoms with van der Waals surface area (Å²) >= 11 is 0. The lowest BCUT2D eigenvalue weighted by Crippen LogP contribution is -2.29. The number of carbonyl (C=O) groups excluding carboxylic acids is 1. The van der Waals surface area contributed by atoms with Crippen LogP contribution in [0.4, 0.5) is 5.69 Å². The highest BCUT2D eigenvalue weighted by Gasteiger charge is 2.16. The average molecular weight is 490 g/mol. The largest absolute Gasteiger partial charge is 0.478 e. The molecule has 0 saturated carbocycles. The molecule has 2 N–H and O–H groups in total. The third-order valence-corrected chi connectivity index (χ3v) is 6.04. The van der Waals surface area contributed by atoms with Crippen LogP contribution in [-0.4, -0.2) is 44.0 Å². The van der Waals surface area contributed by atoms with E-state index in [9.17, 15) is 14.7 Å². The Bertz CT molecular complexity index is 1520. The molecule has 1 heterocycles. The Labute approximate surface area is 213 Å². The minimum Gasteiger partial charge on any atom is -0.478 e. The van der Waals surface area contributed by atoms with Gasteiger partial charge in [-0.15, -0.1) is 10.2 Å². The molecule has 0 spiro atoms. The van der Waals surface area contributed by atoms with Crippen LogP contribution < -0.4 is 4.90 Å². The molecule has 1 aromatic heterocycles. The lowest BCUT2D eigenvalue weighted by atomic mass is 9.98. The number of aromatic carboxylic acids is 1. The van der Waals surface area contributed by atoms with Crippen LogP contribution in [0.3, 0.4) is 0 Å².